The number of nitrogens with zero attached hydrogens (tertiary/aromatic N) is 3. The molecule has 0 bridgehead atoms. The zero-order valence-electron chi connectivity index (χ0n) is 14.1. The van der Waals surface area contributed by atoms with E-state index < -0.39 is 0 Å². The summed E-state index contributed by atoms with van der Waals surface area (Å²) in [5.74, 6) is 1.29. The van der Waals surface area contributed by atoms with Gasteiger partial charge in [0.05, 0.1) is 0 Å². The summed E-state index contributed by atoms with van der Waals surface area (Å²) in [5.41, 5.74) is 0.937. The van der Waals surface area contributed by atoms with Crippen molar-refractivity contribution in [2.75, 3.05) is 20.1 Å². The lowest BCUT2D eigenvalue weighted by Gasteiger charge is -2.30. The van der Waals surface area contributed by atoms with Gasteiger partial charge in [-0.1, -0.05) is 35.5 Å². The summed E-state index contributed by atoms with van der Waals surface area (Å²) in [7, 11) is 2.10. The van der Waals surface area contributed by atoms with Gasteiger partial charge in [-0.3, -0.25) is 4.79 Å². The zero-order chi connectivity index (χ0) is 16.8. The molecule has 0 radical (unpaired) electrons. The number of carbonyl (C=O) groups excluding carboxylic acids is 1. The van der Waals surface area contributed by atoms with Crippen LogP contribution in [0.1, 0.15) is 31.6 Å². The molecule has 2 heterocycles. The number of amides is 1. The van der Waals surface area contributed by atoms with E-state index in [1.54, 1.807) is 0 Å². The first-order valence-corrected chi connectivity index (χ1v) is 8.56. The van der Waals surface area contributed by atoms with Crippen molar-refractivity contribution in [1.82, 2.24) is 20.4 Å². The third-order valence-corrected chi connectivity index (χ3v) is 4.28. The molecule has 2 aromatic rings. The van der Waals surface area contributed by atoms with Crippen molar-refractivity contribution in [3.63, 3.8) is 0 Å². The number of aromatic nitrogens is 2. The summed E-state index contributed by atoms with van der Waals surface area (Å²) in [5, 5.41) is 7.11. The summed E-state index contributed by atoms with van der Waals surface area (Å²) < 4.78 is 5.27. The lowest BCUT2D eigenvalue weighted by molar-refractivity contribution is -0.122. The van der Waals surface area contributed by atoms with Gasteiger partial charge in [0, 0.05) is 31.0 Å². The molecule has 1 saturated heterocycles. The molecule has 6 heteroatoms. The molecule has 1 N–H and O–H groups in total. The molecule has 6 nitrogen and oxygen atoms in total. The minimum Gasteiger partial charge on any atom is -0.352 e. The van der Waals surface area contributed by atoms with Gasteiger partial charge in [-0.15, -0.1) is 0 Å². The fourth-order valence-corrected chi connectivity index (χ4v) is 3.05. The molecule has 128 valence electrons. The van der Waals surface area contributed by atoms with Crippen LogP contribution >= 0.6 is 0 Å². The van der Waals surface area contributed by atoms with Crippen LogP contribution in [0, 0.1) is 0 Å². The van der Waals surface area contributed by atoms with Crippen LogP contribution in [0.3, 0.4) is 0 Å². The second-order valence-corrected chi connectivity index (χ2v) is 6.40. The second kappa shape index (κ2) is 8.06. The molecule has 3 rings (SSSR count). The molecule has 1 aliphatic heterocycles. The smallest absolute Gasteiger partial charge is 0.226 e. The molecule has 1 fully saturated rings. The van der Waals surface area contributed by atoms with Crippen molar-refractivity contribution in [3.05, 3.63) is 36.2 Å². The van der Waals surface area contributed by atoms with E-state index in [4.69, 9.17) is 4.52 Å². The molecule has 0 saturated carbocycles. The topological polar surface area (TPSA) is 71.3 Å². The molecule has 1 aliphatic rings. The van der Waals surface area contributed by atoms with E-state index in [2.05, 4.69) is 27.4 Å². The third kappa shape index (κ3) is 4.64. The average Bonchev–Trinajstić information content (AvgIpc) is 3.04. The highest BCUT2D eigenvalue weighted by molar-refractivity contribution is 5.76. The quantitative estimate of drug-likeness (QED) is 0.881. The fraction of sp³-hybridized carbons (Fsp3) is 0.500. The maximum atomic E-state index is 12.0. The molecule has 1 unspecified atom stereocenters. The number of hydrogen-bond donors (Lipinski definition) is 1. The molecule has 1 aromatic carbocycles. The van der Waals surface area contributed by atoms with Crippen LogP contribution in [-0.2, 0) is 11.2 Å². The number of rotatable bonds is 6. The fourth-order valence-electron chi connectivity index (χ4n) is 3.05. The summed E-state index contributed by atoms with van der Waals surface area (Å²) in [6, 6.07) is 10.0. The standard InChI is InChI=1S/C18H24N4O2/c1-22-12-6-9-15(13-22)19-16(23)10-5-11-17-20-18(21-24-17)14-7-3-2-4-8-14/h2-4,7-8,15H,5-6,9-13H2,1H3,(H,19,23). The van der Waals surface area contributed by atoms with Crippen LogP contribution in [0.5, 0.6) is 0 Å². The van der Waals surface area contributed by atoms with Gasteiger partial charge < -0.3 is 14.7 Å². The number of aryl methyl sites for hydroxylation is 1. The Morgan fingerprint density at radius 2 is 2.21 bits per heavy atom. The lowest BCUT2D eigenvalue weighted by atomic mass is 10.1. The van der Waals surface area contributed by atoms with Crippen LogP contribution in [0.25, 0.3) is 11.4 Å². The van der Waals surface area contributed by atoms with E-state index in [-0.39, 0.29) is 11.9 Å². The first-order chi connectivity index (χ1) is 11.7. The number of piperidine rings is 1. The molecule has 0 spiro atoms. The Balaban J connectivity index is 1.42. The number of hydrogen-bond acceptors (Lipinski definition) is 5. The SMILES string of the molecule is CN1CCCC(NC(=O)CCCc2nc(-c3ccccc3)no2)C1. The minimum absolute atomic E-state index is 0.109. The van der Waals surface area contributed by atoms with E-state index in [1.807, 2.05) is 30.3 Å². The molecule has 0 aliphatic carbocycles. The number of likely N-dealkylation sites (tertiary alicyclic amines) is 1. The van der Waals surface area contributed by atoms with E-state index in [0.717, 1.165) is 31.5 Å². The van der Waals surface area contributed by atoms with E-state index in [1.165, 1.54) is 0 Å². The van der Waals surface area contributed by atoms with Gasteiger partial charge in [0.1, 0.15) is 0 Å². The first kappa shape index (κ1) is 16.6. The van der Waals surface area contributed by atoms with Gasteiger partial charge in [0.2, 0.25) is 17.6 Å². The summed E-state index contributed by atoms with van der Waals surface area (Å²) in [6.07, 6.45) is 4.04. The number of benzene rings is 1. The van der Waals surface area contributed by atoms with Gasteiger partial charge in [0.25, 0.3) is 0 Å². The highest BCUT2D eigenvalue weighted by Gasteiger charge is 2.18. The summed E-state index contributed by atoms with van der Waals surface area (Å²) in [6.45, 7) is 2.06. The molecular formula is C18H24N4O2. The van der Waals surface area contributed by atoms with Gasteiger partial charge in [-0.25, -0.2) is 0 Å². The largest absolute Gasteiger partial charge is 0.352 e. The zero-order valence-corrected chi connectivity index (χ0v) is 14.1. The van der Waals surface area contributed by atoms with Gasteiger partial charge in [-0.2, -0.15) is 4.98 Å². The second-order valence-electron chi connectivity index (χ2n) is 6.40. The minimum atomic E-state index is 0.109. The highest BCUT2D eigenvalue weighted by Crippen LogP contribution is 2.15. The summed E-state index contributed by atoms with van der Waals surface area (Å²) >= 11 is 0. The van der Waals surface area contributed by atoms with Crippen molar-refractivity contribution in [2.45, 2.75) is 38.1 Å². The van der Waals surface area contributed by atoms with Crippen molar-refractivity contribution < 1.29 is 9.32 Å². The molecule has 24 heavy (non-hydrogen) atoms. The Bertz CT molecular complexity index is 656. The van der Waals surface area contributed by atoms with E-state index >= 15 is 0 Å². The van der Waals surface area contributed by atoms with E-state index in [0.29, 0.717) is 31.0 Å². The third-order valence-electron chi connectivity index (χ3n) is 4.28. The maximum absolute atomic E-state index is 12.0. The lowest BCUT2D eigenvalue weighted by Crippen LogP contribution is -2.46. The highest BCUT2D eigenvalue weighted by atomic mass is 16.5. The van der Waals surface area contributed by atoms with Crippen LogP contribution < -0.4 is 5.32 Å². The van der Waals surface area contributed by atoms with Crippen LogP contribution in [0.4, 0.5) is 0 Å². The van der Waals surface area contributed by atoms with Gasteiger partial charge in [0.15, 0.2) is 0 Å². The Labute approximate surface area is 142 Å². The molecule has 1 aromatic heterocycles. The van der Waals surface area contributed by atoms with Crippen LogP contribution in [-0.4, -0.2) is 47.1 Å². The van der Waals surface area contributed by atoms with Gasteiger partial charge >= 0.3 is 0 Å². The van der Waals surface area contributed by atoms with Crippen molar-refractivity contribution >= 4 is 5.91 Å². The molecular weight excluding hydrogens is 304 g/mol. The van der Waals surface area contributed by atoms with Crippen molar-refractivity contribution in [3.8, 4) is 11.4 Å². The molecule has 1 amide bonds. The Hall–Kier alpha value is -2.21. The Kier molecular flexibility index (Phi) is 5.59. The molecule has 1 atom stereocenters. The Morgan fingerprint density at radius 1 is 1.38 bits per heavy atom. The van der Waals surface area contributed by atoms with Crippen molar-refractivity contribution in [2.24, 2.45) is 0 Å². The number of nitrogens with one attached hydrogen (secondary N) is 1. The normalized spacial score (nSPS) is 18.5. The number of likely N-dealkylation sites (N-methyl/N-ethyl adjacent to an activating group) is 1. The summed E-state index contributed by atoms with van der Waals surface area (Å²) in [4.78, 5) is 18.7. The predicted octanol–water partition coefficient (Wildman–Crippen LogP) is 2.27. The maximum Gasteiger partial charge on any atom is 0.226 e. The van der Waals surface area contributed by atoms with Gasteiger partial charge in [-0.05, 0) is 32.9 Å². The van der Waals surface area contributed by atoms with E-state index in [9.17, 15) is 4.79 Å². The van der Waals surface area contributed by atoms with Crippen LogP contribution in [0.2, 0.25) is 0 Å². The number of carbonyl (C=O) groups is 1. The Morgan fingerprint density at radius 3 is 3.00 bits per heavy atom. The average molecular weight is 328 g/mol. The monoisotopic (exact) mass is 328 g/mol. The predicted molar refractivity (Wildman–Crippen MR) is 91.3 cm³/mol. The van der Waals surface area contributed by atoms with Crippen molar-refractivity contribution in [1.29, 1.82) is 0 Å². The van der Waals surface area contributed by atoms with Crippen LogP contribution in [0.15, 0.2) is 34.9 Å². The first-order valence-electron chi connectivity index (χ1n) is 8.56.